The van der Waals surface area contributed by atoms with E-state index in [0.29, 0.717) is 0 Å². The Bertz CT molecular complexity index is 170. The van der Waals surface area contributed by atoms with Gasteiger partial charge in [-0.05, 0) is 13.5 Å². The van der Waals surface area contributed by atoms with E-state index in [0.717, 1.165) is 4.90 Å². The van der Waals surface area contributed by atoms with E-state index < -0.39 is 18.8 Å². The molecule has 0 aliphatic rings. The van der Waals surface area contributed by atoms with Crippen molar-refractivity contribution in [2.75, 3.05) is 13.1 Å². The van der Waals surface area contributed by atoms with Gasteiger partial charge in [-0.3, -0.25) is 4.90 Å². The molecule has 5 heteroatoms. The zero-order chi connectivity index (χ0) is 9.78. The summed E-state index contributed by atoms with van der Waals surface area (Å²) in [5.74, 6) is 0. The molecule has 0 bridgehead atoms. The molecule has 0 aliphatic heterocycles. The second-order valence-corrected chi connectivity index (χ2v) is 2.48. The van der Waals surface area contributed by atoms with E-state index in [1.54, 1.807) is 13.0 Å². The van der Waals surface area contributed by atoms with Gasteiger partial charge in [0, 0.05) is 0 Å². The van der Waals surface area contributed by atoms with Crippen LogP contribution in [0.5, 0.6) is 0 Å². The predicted octanol–water partition coefficient (Wildman–Crippen LogP) is 1.78. The molecule has 0 spiro atoms. The molecule has 0 saturated carbocycles. The van der Waals surface area contributed by atoms with E-state index in [2.05, 4.69) is 0 Å². The first-order valence-corrected chi connectivity index (χ1v) is 3.61. The number of nitrogens with zero attached hydrogens (tertiary/aromatic N) is 2. The summed E-state index contributed by atoms with van der Waals surface area (Å²) in [7, 11) is 0. The van der Waals surface area contributed by atoms with Crippen LogP contribution in [0.4, 0.5) is 13.2 Å². The van der Waals surface area contributed by atoms with Gasteiger partial charge in [-0.1, -0.05) is 6.92 Å². The molecule has 0 aromatic carbocycles. The van der Waals surface area contributed by atoms with Gasteiger partial charge in [-0.2, -0.15) is 18.4 Å². The van der Waals surface area contributed by atoms with Crippen LogP contribution in [0.25, 0.3) is 0 Å². The maximum absolute atomic E-state index is 11.8. The average molecular weight is 180 g/mol. The third-order valence-corrected chi connectivity index (χ3v) is 1.52. The number of hydrogen-bond donors (Lipinski definition) is 0. The molecule has 12 heavy (non-hydrogen) atoms. The molecule has 0 aromatic heterocycles. The van der Waals surface area contributed by atoms with Gasteiger partial charge in [-0.25, -0.2) is 0 Å². The molecule has 0 heterocycles. The maximum atomic E-state index is 11.8. The zero-order valence-electron chi connectivity index (χ0n) is 7.02. The summed E-state index contributed by atoms with van der Waals surface area (Å²) in [5.41, 5.74) is 0. The number of halogens is 3. The molecule has 2 nitrogen and oxygen atoms in total. The average Bonchev–Trinajstić information content (AvgIpc) is 1.97. The van der Waals surface area contributed by atoms with Crippen molar-refractivity contribution in [2.24, 2.45) is 0 Å². The van der Waals surface area contributed by atoms with Crippen molar-refractivity contribution in [3.05, 3.63) is 0 Å². The van der Waals surface area contributed by atoms with Gasteiger partial charge in [0.25, 0.3) is 0 Å². The lowest BCUT2D eigenvalue weighted by Crippen LogP contribution is -2.39. The van der Waals surface area contributed by atoms with Crippen LogP contribution in [-0.4, -0.2) is 30.2 Å². The molecule has 0 aromatic rings. The summed E-state index contributed by atoms with van der Waals surface area (Å²) in [5, 5.41) is 8.37. The summed E-state index contributed by atoms with van der Waals surface area (Å²) in [6.45, 7) is 2.27. The Hall–Kier alpha value is -0.760. The van der Waals surface area contributed by atoms with Crippen LogP contribution >= 0.6 is 0 Å². The van der Waals surface area contributed by atoms with Crippen LogP contribution in [0.15, 0.2) is 0 Å². The van der Waals surface area contributed by atoms with Crippen LogP contribution < -0.4 is 0 Å². The molecule has 0 aliphatic carbocycles. The summed E-state index contributed by atoms with van der Waals surface area (Å²) in [4.78, 5) is 1.07. The van der Waals surface area contributed by atoms with Crippen molar-refractivity contribution < 1.29 is 13.2 Å². The van der Waals surface area contributed by atoms with Crippen LogP contribution in [0.1, 0.15) is 13.8 Å². The van der Waals surface area contributed by atoms with E-state index in [1.165, 1.54) is 6.92 Å². The first-order valence-electron chi connectivity index (χ1n) is 3.61. The van der Waals surface area contributed by atoms with Crippen LogP contribution in [0.2, 0.25) is 0 Å². The van der Waals surface area contributed by atoms with Crippen molar-refractivity contribution in [3.8, 4) is 6.07 Å². The molecule has 0 radical (unpaired) electrons. The fourth-order valence-corrected chi connectivity index (χ4v) is 0.835. The van der Waals surface area contributed by atoms with Gasteiger partial charge in [0.05, 0.1) is 18.7 Å². The fourth-order valence-electron chi connectivity index (χ4n) is 0.835. The lowest BCUT2D eigenvalue weighted by Gasteiger charge is -2.23. The molecule has 0 fully saturated rings. The van der Waals surface area contributed by atoms with Crippen molar-refractivity contribution in [2.45, 2.75) is 26.1 Å². The quantitative estimate of drug-likeness (QED) is 0.662. The minimum atomic E-state index is -4.22. The zero-order valence-corrected chi connectivity index (χ0v) is 7.02. The molecule has 0 N–H and O–H groups in total. The summed E-state index contributed by atoms with van der Waals surface area (Å²) in [6, 6.07) is 1.08. The Kier molecular flexibility index (Phi) is 4.04. The lowest BCUT2D eigenvalue weighted by molar-refractivity contribution is -0.147. The number of alkyl halides is 3. The van der Waals surface area contributed by atoms with Gasteiger partial charge in [0.2, 0.25) is 0 Å². The Morgan fingerprint density at radius 1 is 1.50 bits per heavy atom. The highest BCUT2D eigenvalue weighted by atomic mass is 19.4. The molecule has 1 unspecified atom stereocenters. The smallest absolute Gasteiger partial charge is 0.280 e. The summed E-state index contributed by atoms with van der Waals surface area (Å²) in [6.07, 6.45) is -4.22. The van der Waals surface area contributed by atoms with E-state index in [1.807, 2.05) is 0 Å². The van der Waals surface area contributed by atoms with E-state index in [9.17, 15) is 13.2 Å². The standard InChI is InChI=1S/C7H11F3N2/c1-3-12(6(2)4-11)5-7(8,9)10/h6H,3,5H2,1-2H3. The Balaban J connectivity index is 4.11. The van der Waals surface area contributed by atoms with Crippen LogP contribution in [0, 0.1) is 11.3 Å². The number of hydrogen-bond acceptors (Lipinski definition) is 2. The third-order valence-electron chi connectivity index (χ3n) is 1.52. The Morgan fingerprint density at radius 3 is 2.25 bits per heavy atom. The molecular weight excluding hydrogens is 169 g/mol. The van der Waals surface area contributed by atoms with Crippen molar-refractivity contribution in [3.63, 3.8) is 0 Å². The second kappa shape index (κ2) is 4.31. The van der Waals surface area contributed by atoms with Crippen molar-refractivity contribution in [1.82, 2.24) is 4.90 Å². The summed E-state index contributed by atoms with van der Waals surface area (Å²) >= 11 is 0. The topological polar surface area (TPSA) is 27.0 Å². The maximum Gasteiger partial charge on any atom is 0.401 e. The highest BCUT2D eigenvalue weighted by molar-refractivity contribution is 4.88. The first kappa shape index (κ1) is 11.2. The van der Waals surface area contributed by atoms with Crippen molar-refractivity contribution in [1.29, 1.82) is 5.26 Å². The normalized spacial score (nSPS) is 14.4. The fraction of sp³-hybridized carbons (Fsp3) is 0.857. The van der Waals surface area contributed by atoms with Gasteiger partial charge in [-0.15, -0.1) is 0 Å². The predicted molar refractivity (Wildman–Crippen MR) is 38.4 cm³/mol. The second-order valence-electron chi connectivity index (χ2n) is 2.48. The van der Waals surface area contributed by atoms with Crippen LogP contribution in [0.3, 0.4) is 0 Å². The highest BCUT2D eigenvalue weighted by Crippen LogP contribution is 2.17. The van der Waals surface area contributed by atoms with Crippen molar-refractivity contribution >= 4 is 0 Å². The molecule has 70 valence electrons. The van der Waals surface area contributed by atoms with Gasteiger partial charge >= 0.3 is 6.18 Å². The Labute approximate surface area is 69.6 Å². The molecular formula is C7H11F3N2. The number of nitriles is 1. The third kappa shape index (κ3) is 4.19. The minimum Gasteiger partial charge on any atom is -0.280 e. The van der Waals surface area contributed by atoms with E-state index in [-0.39, 0.29) is 6.54 Å². The number of rotatable bonds is 3. The highest BCUT2D eigenvalue weighted by Gasteiger charge is 2.31. The SMILES string of the molecule is CCN(CC(F)(F)F)C(C)C#N. The monoisotopic (exact) mass is 180 g/mol. The Morgan fingerprint density at radius 2 is 2.00 bits per heavy atom. The van der Waals surface area contributed by atoms with Crippen LogP contribution in [-0.2, 0) is 0 Å². The molecule has 0 rings (SSSR count). The minimum absolute atomic E-state index is 0.230. The molecule has 0 saturated heterocycles. The molecule has 1 atom stereocenters. The molecule has 0 amide bonds. The van der Waals surface area contributed by atoms with Gasteiger partial charge in [0.1, 0.15) is 0 Å². The van der Waals surface area contributed by atoms with E-state index >= 15 is 0 Å². The summed E-state index contributed by atoms with van der Waals surface area (Å²) < 4.78 is 35.5. The lowest BCUT2D eigenvalue weighted by atomic mass is 10.3. The van der Waals surface area contributed by atoms with Gasteiger partial charge < -0.3 is 0 Å². The largest absolute Gasteiger partial charge is 0.401 e. The van der Waals surface area contributed by atoms with E-state index in [4.69, 9.17) is 5.26 Å². The van der Waals surface area contributed by atoms with Gasteiger partial charge in [0.15, 0.2) is 0 Å². The first-order chi connectivity index (χ1) is 5.40.